The summed E-state index contributed by atoms with van der Waals surface area (Å²) in [6.45, 7) is 6.83. The number of para-hydroxylation sites is 2. The van der Waals surface area contributed by atoms with E-state index in [1.807, 2.05) is 18.2 Å². The number of anilines is 1. The van der Waals surface area contributed by atoms with Crippen LogP contribution >= 0.6 is 0 Å². The molecule has 0 atom stereocenters. The Morgan fingerprint density at radius 3 is 2.58 bits per heavy atom. The highest BCUT2D eigenvalue weighted by atomic mass is 16.3. The summed E-state index contributed by atoms with van der Waals surface area (Å²) >= 11 is 0. The van der Waals surface area contributed by atoms with Gasteiger partial charge in [-0.3, -0.25) is 9.69 Å². The summed E-state index contributed by atoms with van der Waals surface area (Å²) in [4.78, 5) is 15.3. The first-order valence-electron chi connectivity index (χ1n) is 6.66. The van der Waals surface area contributed by atoms with E-state index in [9.17, 15) is 9.90 Å². The van der Waals surface area contributed by atoms with Gasteiger partial charge in [0, 0.05) is 46.2 Å². The second-order valence-corrected chi connectivity index (χ2v) is 4.80. The standard InChI is InChI=1S/C14H21N3O2/c1-12(18)15-6-7-16-8-10-17(11-9-16)13-4-2-3-5-14(13)19/h2-5,19H,6-11H2,1H3,(H,15,18). The Balaban J connectivity index is 1.79. The van der Waals surface area contributed by atoms with E-state index in [-0.39, 0.29) is 5.91 Å². The summed E-state index contributed by atoms with van der Waals surface area (Å²) in [6, 6.07) is 7.45. The Kier molecular flexibility index (Phi) is 4.63. The number of phenols is 1. The van der Waals surface area contributed by atoms with Crippen molar-refractivity contribution in [1.82, 2.24) is 10.2 Å². The van der Waals surface area contributed by atoms with Gasteiger partial charge in [0.2, 0.25) is 5.91 Å². The zero-order valence-electron chi connectivity index (χ0n) is 11.3. The van der Waals surface area contributed by atoms with Crippen LogP contribution in [0, 0.1) is 0 Å². The molecule has 1 saturated heterocycles. The number of nitrogens with one attached hydrogen (secondary N) is 1. The molecule has 104 valence electrons. The van der Waals surface area contributed by atoms with Crippen molar-refractivity contribution in [2.75, 3.05) is 44.2 Å². The van der Waals surface area contributed by atoms with Crippen molar-refractivity contribution >= 4 is 11.6 Å². The van der Waals surface area contributed by atoms with Gasteiger partial charge in [0.1, 0.15) is 5.75 Å². The maximum atomic E-state index is 10.8. The summed E-state index contributed by atoms with van der Waals surface area (Å²) in [5.41, 5.74) is 0.906. The van der Waals surface area contributed by atoms with Crippen molar-refractivity contribution in [2.24, 2.45) is 0 Å². The minimum atomic E-state index is 0.0212. The first-order chi connectivity index (χ1) is 9.16. The molecular formula is C14H21N3O2. The normalized spacial score (nSPS) is 16.4. The zero-order chi connectivity index (χ0) is 13.7. The van der Waals surface area contributed by atoms with Gasteiger partial charge in [-0.1, -0.05) is 12.1 Å². The minimum Gasteiger partial charge on any atom is -0.506 e. The van der Waals surface area contributed by atoms with Crippen LogP contribution in [0.4, 0.5) is 5.69 Å². The fourth-order valence-electron chi connectivity index (χ4n) is 2.33. The molecular weight excluding hydrogens is 242 g/mol. The molecule has 2 rings (SSSR count). The zero-order valence-corrected chi connectivity index (χ0v) is 11.3. The smallest absolute Gasteiger partial charge is 0.216 e. The predicted octanol–water partition coefficient (Wildman–Crippen LogP) is 0.650. The van der Waals surface area contributed by atoms with E-state index in [0.717, 1.165) is 38.4 Å². The first kappa shape index (κ1) is 13.7. The van der Waals surface area contributed by atoms with Crippen LogP contribution in [-0.4, -0.2) is 55.2 Å². The average molecular weight is 263 g/mol. The monoisotopic (exact) mass is 263 g/mol. The maximum Gasteiger partial charge on any atom is 0.216 e. The second kappa shape index (κ2) is 6.43. The van der Waals surface area contributed by atoms with Crippen LogP contribution in [0.15, 0.2) is 24.3 Å². The lowest BCUT2D eigenvalue weighted by molar-refractivity contribution is -0.119. The molecule has 1 aliphatic heterocycles. The third kappa shape index (κ3) is 3.86. The highest BCUT2D eigenvalue weighted by molar-refractivity contribution is 5.72. The number of carbonyl (C=O) groups is 1. The van der Waals surface area contributed by atoms with Gasteiger partial charge in [0.25, 0.3) is 0 Å². The number of rotatable bonds is 4. The molecule has 0 aromatic heterocycles. The molecule has 0 aliphatic carbocycles. The van der Waals surface area contributed by atoms with Crippen LogP contribution in [0.3, 0.4) is 0 Å². The number of hydrogen-bond donors (Lipinski definition) is 2. The SMILES string of the molecule is CC(=O)NCCN1CCN(c2ccccc2O)CC1. The Morgan fingerprint density at radius 1 is 1.26 bits per heavy atom. The molecule has 5 heteroatoms. The summed E-state index contributed by atoms with van der Waals surface area (Å²) < 4.78 is 0. The van der Waals surface area contributed by atoms with Crippen LogP contribution in [0.25, 0.3) is 0 Å². The Hall–Kier alpha value is -1.75. The number of nitrogens with zero attached hydrogens (tertiary/aromatic N) is 2. The number of aromatic hydroxyl groups is 1. The quantitative estimate of drug-likeness (QED) is 0.837. The molecule has 1 amide bonds. The van der Waals surface area contributed by atoms with E-state index in [2.05, 4.69) is 15.1 Å². The Bertz CT molecular complexity index is 428. The number of phenolic OH excluding ortho intramolecular Hbond substituents is 1. The minimum absolute atomic E-state index is 0.0212. The second-order valence-electron chi connectivity index (χ2n) is 4.80. The third-order valence-electron chi connectivity index (χ3n) is 3.40. The van der Waals surface area contributed by atoms with E-state index in [0.29, 0.717) is 12.3 Å². The number of amides is 1. The van der Waals surface area contributed by atoms with Crippen molar-refractivity contribution < 1.29 is 9.90 Å². The van der Waals surface area contributed by atoms with Crippen molar-refractivity contribution in [2.45, 2.75) is 6.92 Å². The summed E-state index contributed by atoms with van der Waals surface area (Å²) in [5, 5.41) is 12.6. The highest BCUT2D eigenvalue weighted by Crippen LogP contribution is 2.26. The number of hydrogen-bond acceptors (Lipinski definition) is 4. The molecule has 1 aromatic carbocycles. The molecule has 19 heavy (non-hydrogen) atoms. The lowest BCUT2D eigenvalue weighted by Gasteiger charge is -2.36. The van der Waals surface area contributed by atoms with Crippen molar-refractivity contribution in [3.63, 3.8) is 0 Å². The van der Waals surface area contributed by atoms with Crippen LogP contribution in [0.5, 0.6) is 5.75 Å². The molecule has 5 nitrogen and oxygen atoms in total. The van der Waals surface area contributed by atoms with Crippen molar-refractivity contribution in [3.05, 3.63) is 24.3 Å². The van der Waals surface area contributed by atoms with Crippen LogP contribution in [-0.2, 0) is 4.79 Å². The average Bonchev–Trinajstić information content (AvgIpc) is 2.40. The van der Waals surface area contributed by atoms with Gasteiger partial charge < -0.3 is 15.3 Å². The van der Waals surface area contributed by atoms with Crippen molar-refractivity contribution in [1.29, 1.82) is 0 Å². The lowest BCUT2D eigenvalue weighted by Crippen LogP contribution is -2.48. The molecule has 0 radical (unpaired) electrons. The highest BCUT2D eigenvalue weighted by Gasteiger charge is 2.18. The van der Waals surface area contributed by atoms with E-state index in [1.54, 1.807) is 6.07 Å². The summed E-state index contributed by atoms with van der Waals surface area (Å²) in [7, 11) is 0. The van der Waals surface area contributed by atoms with Gasteiger partial charge in [-0.25, -0.2) is 0 Å². The molecule has 1 fully saturated rings. The van der Waals surface area contributed by atoms with E-state index >= 15 is 0 Å². The molecule has 1 aromatic rings. The van der Waals surface area contributed by atoms with Crippen molar-refractivity contribution in [3.8, 4) is 5.75 Å². The van der Waals surface area contributed by atoms with Gasteiger partial charge in [-0.2, -0.15) is 0 Å². The molecule has 1 heterocycles. The van der Waals surface area contributed by atoms with Crippen LogP contribution in [0.1, 0.15) is 6.92 Å². The Labute approximate surface area is 113 Å². The fourth-order valence-corrected chi connectivity index (χ4v) is 2.33. The van der Waals surface area contributed by atoms with Gasteiger partial charge >= 0.3 is 0 Å². The molecule has 0 spiro atoms. The lowest BCUT2D eigenvalue weighted by atomic mass is 10.2. The molecule has 2 N–H and O–H groups in total. The van der Waals surface area contributed by atoms with Crippen LogP contribution < -0.4 is 10.2 Å². The maximum absolute atomic E-state index is 10.8. The predicted molar refractivity (Wildman–Crippen MR) is 75.4 cm³/mol. The molecule has 0 bridgehead atoms. The topological polar surface area (TPSA) is 55.8 Å². The largest absolute Gasteiger partial charge is 0.506 e. The Morgan fingerprint density at radius 2 is 1.95 bits per heavy atom. The van der Waals surface area contributed by atoms with Gasteiger partial charge in [0.05, 0.1) is 5.69 Å². The fraction of sp³-hybridized carbons (Fsp3) is 0.500. The van der Waals surface area contributed by atoms with Gasteiger partial charge in [0.15, 0.2) is 0 Å². The summed E-state index contributed by atoms with van der Waals surface area (Å²) in [5.74, 6) is 0.363. The van der Waals surface area contributed by atoms with Crippen LogP contribution in [0.2, 0.25) is 0 Å². The third-order valence-corrected chi connectivity index (χ3v) is 3.40. The number of benzene rings is 1. The molecule has 0 saturated carbocycles. The molecule has 0 unspecified atom stereocenters. The number of carbonyl (C=O) groups excluding carboxylic acids is 1. The summed E-state index contributed by atoms with van der Waals surface area (Å²) in [6.07, 6.45) is 0. The molecule has 1 aliphatic rings. The van der Waals surface area contributed by atoms with Gasteiger partial charge in [-0.15, -0.1) is 0 Å². The number of piperazine rings is 1. The van der Waals surface area contributed by atoms with Gasteiger partial charge in [-0.05, 0) is 12.1 Å². The van der Waals surface area contributed by atoms with E-state index in [4.69, 9.17) is 0 Å². The first-order valence-corrected chi connectivity index (χ1v) is 6.66. The van der Waals surface area contributed by atoms with E-state index in [1.165, 1.54) is 6.92 Å². The van der Waals surface area contributed by atoms with E-state index < -0.39 is 0 Å².